The van der Waals surface area contributed by atoms with Gasteiger partial charge in [-0.15, -0.1) is 10.2 Å². The fraction of sp³-hybridized carbons (Fsp3) is 0.118. The molecular weight excluding hydrogens is 384 g/mol. The van der Waals surface area contributed by atoms with Gasteiger partial charge in [0.15, 0.2) is 0 Å². The number of hydrogen-bond acceptors (Lipinski definition) is 5. The predicted molar refractivity (Wildman–Crippen MR) is 96.3 cm³/mol. The maximum absolute atomic E-state index is 12.2. The van der Waals surface area contributed by atoms with Gasteiger partial charge in [-0.05, 0) is 45.8 Å². The van der Waals surface area contributed by atoms with Gasteiger partial charge in [0.2, 0.25) is 5.82 Å². The largest absolute Gasteiger partial charge is 0.269 e. The lowest BCUT2D eigenvalue weighted by Gasteiger charge is -2.04. The van der Waals surface area contributed by atoms with Gasteiger partial charge in [0.05, 0.1) is 5.69 Å². The van der Waals surface area contributed by atoms with E-state index in [0.29, 0.717) is 17.2 Å². The molecule has 0 amide bonds. The summed E-state index contributed by atoms with van der Waals surface area (Å²) in [7, 11) is 0. The van der Waals surface area contributed by atoms with Crippen molar-refractivity contribution in [2.24, 2.45) is 0 Å². The van der Waals surface area contributed by atoms with Crippen molar-refractivity contribution < 1.29 is 0 Å². The van der Waals surface area contributed by atoms with Crippen LogP contribution in [0.2, 0.25) is 0 Å². The SMILES string of the molecule is Cc1ccccc1-c1nnn(Cc2cc(=O)n3cc(Br)ccc3n2)n1. The Balaban J connectivity index is 1.67. The van der Waals surface area contributed by atoms with Crippen molar-refractivity contribution in [3.05, 3.63) is 74.7 Å². The lowest BCUT2D eigenvalue weighted by Crippen LogP contribution is -2.17. The fourth-order valence-corrected chi connectivity index (χ4v) is 2.93. The Morgan fingerprint density at radius 2 is 2.00 bits per heavy atom. The van der Waals surface area contributed by atoms with E-state index in [1.54, 1.807) is 12.3 Å². The molecule has 0 N–H and O–H groups in total. The molecule has 1 aromatic carbocycles. The normalized spacial score (nSPS) is 11.1. The maximum atomic E-state index is 12.2. The van der Waals surface area contributed by atoms with Crippen LogP contribution in [0.5, 0.6) is 0 Å². The van der Waals surface area contributed by atoms with Gasteiger partial charge in [-0.25, -0.2) is 4.98 Å². The Hall–Kier alpha value is -2.87. The molecule has 0 saturated heterocycles. The summed E-state index contributed by atoms with van der Waals surface area (Å²) < 4.78 is 2.30. The number of aryl methyl sites for hydroxylation is 1. The second-order valence-electron chi connectivity index (χ2n) is 5.62. The lowest BCUT2D eigenvalue weighted by molar-refractivity contribution is 0.564. The highest BCUT2D eigenvalue weighted by molar-refractivity contribution is 9.10. The van der Waals surface area contributed by atoms with Crippen molar-refractivity contribution >= 4 is 21.6 Å². The van der Waals surface area contributed by atoms with Crippen LogP contribution in [0.3, 0.4) is 0 Å². The molecule has 4 rings (SSSR count). The quantitative estimate of drug-likeness (QED) is 0.531. The lowest BCUT2D eigenvalue weighted by atomic mass is 10.1. The molecule has 0 bridgehead atoms. The van der Waals surface area contributed by atoms with Gasteiger partial charge in [-0.3, -0.25) is 9.20 Å². The Bertz CT molecular complexity index is 1130. The first-order valence-electron chi connectivity index (χ1n) is 7.62. The number of benzene rings is 1. The van der Waals surface area contributed by atoms with E-state index < -0.39 is 0 Å². The molecule has 0 radical (unpaired) electrons. The van der Waals surface area contributed by atoms with E-state index in [-0.39, 0.29) is 12.1 Å². The van der Waals surface area contributed by atoms with Gasteiger partial charge in [-0.1, -0.05) is 24.3 Å². The summed E-state index contributed by atoms with van der Waals surface area (Å²) in [4.78, 5) is 18.2. The Morgan fingerprint density at radius 3 is 2.84 bits per heavy atom. The third-order valence-corrected chi connectivity index (χ3v) is 4.29. The summed E-state index contributed by atoms with van der Waals surface area (Å²) in [5.74, 6) is 0.555. The number of nitrogens with zero attached hydrogens (tertiary/aromatic N) is 6. The molecule has 0 atom stereocenters. The third kappa shape index (κ3) is 3.08. The second-order valence-corrected chi connectivity index (χ2v) is 6.54. The standard InChI is InChI=1S/C17H13BrN6O/c1-11-4-2-3-5-14(11)17-20-22-24(21-17)10-13-8-16(25)23-9-12(18)6-7-15(23)19-13/h2-9H,10H2,1H3. The van der Waals surface area contributed by atoms with E-state index in [9.17, 15) is 4.79 Å². The van der Waals surface area contributed by atoms with Gasteiger partial charge >= 0.3 is 0 Å². The smallest absolute Gasteiger partial charge is 0.258 e. The summed E-state index contributed by atoms with van der Waals surface area (Å²) in [5, 5.41) is 12.6. The molecule has 25 heavy (non-hydrogen) atoms. The van der Waals surface area contributed by atoms with Gasteiger partial charge in [0.25, 0.3) is 5.56 Å². The maximum Gasteiger partial charge on any atom is 0.258 e. The van der Waals surface area contributed by atoms with E-state index in [2.05, 4.69) is 36.3 Å². The average Bonchev–Trinajstić information content (AvgIpc) is 3.04. The Labute approximate surface area is 151 Å². The summed E-state index contributed by atoms with van der Waals surface area (Å²) in [6.07, 6.45) is 1.69. The van der Waals surface area contributed by atoms with E-state index in [1.807, 2.05) is 37.3 Å². The number of pyridine rings is 1. The first-order valence-corrected chi connectivity index (χ1v) is 8.41. The van der Waals surface area contributed by atoms with Crippen LogP contribution in [0.15, 0.2) is 57.9 Å². The highest BCUT2D eigenvalue weighted by atomic mass is 79.9. The minimum Gasteiger partial charge on any atom is -0.269 e. The van der Waals surface area contributed by atoms with Gasteiger partial charge in [0.1, 0.15) is 12.2 Å². The highest BCUT2D eigenvalue weighted by Gasteiger charge is 2.10. The molecule has 0 fully saturated rings. The van der Waals surface area contributed by atoms with Crippen molar-refractivity contribution in [3.8, 4) is 11.4 Å². The summed E-state index contributed by atoms with van der Waals surface area (Å²) in [5.41, 5.74) is 3.02. The molecule has 0 aliphatic rings. The fourth-order valence-electron chi connectivity index (χ4n) is 2.59. The van der Waals surface area contributed by atoms with Crippen molar-refractivity contribution in [1.29, 1.82) is 0 Å². The molecule has 0 spiro atoms. The number of rotatable bonds is 3. The van der Waals surface area contributed by atoms with Gasteiger partial charge in [-0.2, -0.15) is 4.80 Å². The van der Waals surface area contributed by atoms with E-state index >= 15 is 0 Å². The topological polar surface area (TPSA) is 78.0 Å². The van der Waals surface area contributed by atoms with E-state index in [4.69, 9.17) is 0 Å². The number of hydrogen-bond donors (Lipinski definition) is 0. The van der Waals surface area contributed by atoms with Crippen molar-refractivity contribution in [2.75, 3.05) is 0 Å². The number of fused-ring (bicyclic) bond motifs is 1. The molecule has 7 nitrogen and oxygen atoms in total. The minimum absolute atomic E-state index is 0.152. The van der Waals surface area contributed by atoms with Gasteiger partial charge in [0, 0.05) is 22.3 Å². The number of halogens is 1. The van der Waals surface area contributed by atoms with Crippen LogP contribution in [0.4, 0.5) is 0 Å². The monoisotopic (exact) mass is 396 g/mol. The summed E-state index contributed by atoms with van der Waals surface area (Å²) >= 11 is 3.35. The average molecular weight is 397 g/mol. The van der Waals surface area contributed by atoms with Crippen LogP contribution in [-0.4, -0.2) is 29.6 Å². The van der Waals surface area contributed by atoms with Crippen LogP contribution in [0, 0.1) is 6.92 Å². The molecule has 3 aromatic heterocycles. The Morgan fingerprint density at radius 1 is 1.16 bits per heavy atom. The predicted octanol–water partition coefficient (Wildman–Crippen LogP) is 2.47. The van der Waals surface area contributed by atoms with Crippen molar-refractivity contribution in [2.45, 2.75) is 13.5 Å². The zero-order chi connectivity index (χ0) is 17.4. The van der Waals surface area contributed by atoms with Crippen molar-refractivity contribution in [1.82, 2.24) is 29.6 Å². The molecule has 4 aromatic rings. The minimum atomic E-state index is -0.152. The molecule has 124 valence electrons. The first-order chi connectivity index (χ1) is 12.1. The van der Waals surface area contributed by atoms with E-state index in [0.717, 1.165) is 15.6 Å². The summed E-state index contributed by atoms with van der Waals surface area (Å²) in [6, 6.07) is 13.0. The molecule has 0 saturated carbocycles. The van der Waals surface area contributed by atoms with Crippen LogP contribution in [-0.2, 0) is 6.54 Å². The van der Waals surface area contributed by atoms with Crippen molar-refractivity contribution in [3.63, 3.8) is 0 Å². The van der Waals surface area contributed by atoms with Gasteiger partial charge < -0.3 is 0 Å². The van der Waals surface area contributed by atoms with Crippen LogP contribution in [0.1, 0.15) is 11.3 Å². The molecular formula is C17H13BrN6O. The molecule has 8 heteroatoms. The van der Waals surface area contributed by atoms with E-state index in [1.165, 1.54) is 15.3 Å². The number of tetrazole rings is 1. The highest BCUT2D eigenvalue weighted by Crippen LogP contribution is 2.18. The molecule has 0 unspecified atom stereocenters. The first kappa shape index (κ1) is 15.6. The zero-order valence-corrected chi connectivity index (χ0v) is 14.9. The molecule has 0 aliphatic heterocycles. The molecule has 3 heterocycles. The van der Waals surface area contributed by atoms with Crippen LogP contribution in [0.25, 0.3) is 17.0 Å². The summed E-state index contributed by atoms with van der Waals surface area (Å²) in [6.45, 7) is 2.28. The van der Waals surface area contributed by atoms with Crippen LogP contribution < -0.4 is 5.56 Å². The molecule has 0 aliphatic carbocycles. The zero-order valence-electron chi connectivity index (χ0n) is 13.3. The Kier molecular flexibility index (Phi) is 3.89. The number of aromatic nitrogens is 6. The van der Waals surface area contributed by atoms with Crippen LogP contribution >= 0.6 is 15.9 Å². The third-order valence-electron chi connectivity index (χ3n) is 3.82. The second kappa shape index (κ2) is 6.21.